The van der Waals surface area contributed by atoms with Crippen LogP contribution in [-0.2, 0) is 4.74 Å². The van der Waals surface area contributed by atoms with E-state index in [9.17, 15) is 4.79 Å². The summed E-state index contributed by atoms with van der Waals surface area (Å²) in [5.41, 5.74) is 4.21. The van der Waals surface area contributed by atoms with Crippen LogP contribution in [-0.4, -0.2) is 27.2 Å². The second-order valence-electron chi connectivity index (χ2n) is 7.08. The summed E-state index contributed by atoms with van der Waals surface area (Å²) < 4.78 is 5.69. The van der Waals surface area contributed by atoms with E-state index in [-0.39, 0.29) is 5.97 Å². The minimum Gasteiger partial charge on any atom is -0.453 e. The average molecular weight is 406 g/mol. The van der Waals surface area contributed by atoms with Crippen molar-refractivity contribution in [1.82, 2.24) is 15.0 Å². The SMILES string of the molecule is CSc1ncc2cc([C@@H](C)OC(=O)c3ccccc3)nc(C3=CCCCC3)c2n1. The molecular weight excluding hydrogens is 382 g/mol. The molecule has 29 heavy (non-hydrogen) atoms. The highest BCUT2D eigenvalue weighted by Crippen LogP contribution is 2.32. The maximum Gasteiger partial charge on any atom is 0.338 e. The summed E-state index contributed by atoms with van der Waals surface area (Å²) in [5.74, 6) is -0.354. The van der Waals surface area contributed by atoms with E-state index in [2.05, 4.69) is 11.1 Å². The fourth-order valence-electron chi connectivity index (χ4n) is 3.49. The third-order valence-corrected chi connectivity index (χ3v) is 5.61. The third-order valence-electron chi connectivity index (χ3n) is 5.05. The summed E-state index contributed by atoms with van der Waals surface area (Å²) in [7, 11) is 0. The van der Waals surface area contributed by atoms with Crippen LogP contribution in [0, 0.1) is 0 Å². The van der Waals surface area contributed by atoms with Crippen molar-refractivity contribution in [2.24, 2.45) is 0 Å². The van der Waals surface area contributed by atoms with E-state index in [0.29, 0.717) is 11.3 Å². The highest BCUT2D eigenvalue weighted by atomic mass is 32.2. The number of pyridine rings is 1. The number of fused-ring (bicyclic) bond motifs is 1. The molecule has 0 aliphatic heterocycles. The second kappa shape index (κ2) is 8.74. The van der Waals surface area contributed by atoms with Crippen molar-refractivity contribution in [2.45, 2.75) is 43.9 Å². The lowest BCUT2D eigenvalue weighted by Gasteiger charge is -2.18. The van der Waals surface area contributed by atoms with Crippen LogP contribution in [0.1, 0.15) is 60.5 Å². The number of rotatable bonds is 5. The van der Waals surface area contributed by atoms with Gasteiger partial charge in [-0.15, -0.1) is 0 Å². The average Bonchev–Trinajstić information content (AvgIpc) is 2.79. The first kappa shape index (κ1) is 19.6. The molecule has 6 heteroatoms. The molecule has 0 unspecified atom stereocenters. The Balaban J connectivity index is 1.72. The predicted molar refractivity (Wildman–Crippen MR) is 116 cm³/mol. The molecular formula is C23H23N3O2S. The fourth-order valence-corrected chi connectivity index (χ4v) is 3.83. The zero-order valence-electron chi connectivity index (χ0n) is 16.6. The number of nitrogens with zero attached hydrogens (tertiary/aromatic N) is 3. The molecule has 3 aromatic rings. The smallest absolute Gasteiger partial charge is 0.338 e. The maximum atomic E-state index is 12.5. The van der Waals surface area contributed by atoms with E-state index in [1.54, 1.807) is 12.1 Å². The number of hydrogen-bond donors (Lipinski definition) is 0. The van der Waals surface area contributed by atoms with Crippen LogP contribution in [0.4, 0.5) is 0 Å². The molecule has 5 nitrogen and oxygen atoms in total. The molecule has 0 spiro atoms. The molecule has 1 aliphatic carbocycles. The topological polar surface area (TPSA) is 65.0 Å². The van der Waals surface area contributed by atoms with E-state index in [4.69, 9.17) is 14.7 Å². The van der Waals surface area contributed by atoms with Crippen LogP contribution >= 0.6 is 11.8 Å². The Kier molecular flexibility index (Phi) is 5.90. The number of carbonyl (C=O) groups is 1. The van der Waals surface area contributed by atoms with Crippen molar-refractivity contribution >= 4 is 34.2 Å². The summed E-state index contributed by atoms with van der Waals surface area (Å²) in [5, 5.41) is 1.64. The first-order valence-corrected chi connectivity index (χ1v) is 11.1. The van der Waals surface area contributed by atoms with E-state index < -0.39 is 6.10 Å². The zero-order valence-corrected chi connectivity index (χ0v) is 17.4. The van der Waals surface area contributed by atoms with Gasteiger partial charge in [0, 0.05) is 11.6 Å². The van der Waals surface area contributed by atoms with Crippen LogP contribution in [0.3, 0.4) is 0 Å². The van der Waals surface area contributed by atoms with Crippen molar-refractivity contribution < 1.29 is 9.53 Å². The van der Waals surface area contributed by atoms with E-state index in [1.807, 2.05) is 43.6 Å². The van der Waals surface area contributed by atoms with Gasteiger partial charge in [-0.25, -0.2) is 19.7 Å². The summed E-state index contributed by atoms with van der Waals surface area (Å²) >= 11 is 1.52. The molecule has 0 bridgehead atoms. The number of esters is 1. The molecule has 1 aliphatic rings. The molecule has 0 fully saturated rings. The summed E-state index contributed by atoms with van der Waals surface area (Å²) in [4.78, 5) is 26.5. The van der Waals surface area contributed by atoms with Crippen LogP contribution in [0.5, 0.6) is 0 Å². The van der Waals surface area contributed by atoms with Crippen LogP contribution in [0.2, 0.25) is 0 Å². The molecule has 2 aromatic heterocycles. The summed E-state index contributed by atoms with van der Waals surface area (Å²) in [6, 6.07) is 10.9. The van der Waals surface area contributed by atoms with Gasteiger partial charge in [0.1, 0.15) is 11.6 Å². The predicted octanol–water partition coefficient (Wildman–Crippen LogP) is 5.62. The lowest BCUT2D eigenvalue weighted by atomic mass is 9.95. The first-order chi connectivity index (χ1) is 14.2. The van der Waals surface area contributed by atoms with Crippen molar-refractivity contribution in [2.75, 3.05) is 6.26 Å². The first-order valence-electron chi connectivity index (χ1n) is 9.83. The molecule has 0 radical (unpaired) electrons. The Morgan fingerprint density at radius 1 is 1.17 bits per heavy atom. The molecule has 148 valence electrons. The number of carbonyl (C=O) groups excluding carboxylic acids is 1. The van der Waals surface area contributed by atoms with Crippen LogP contribution in [0.15, 0.2) is 53.8 Å². The quantitative estimate of drug-likeness (QED) is 0.312. The second-order valence-corrected chi connectivity index (χ2v) is 7.85. The number of benzene rings is 1. The number of hydrogen-bond acceptors (Lipinski definition) is 6. The monoisotopic (exact) mass is 405 g/mol. The number of ether oxygens (including phenoxy) is 1. The molecule has 0 N–H and O–H groups in total. The van der Waals surface area contributed by atoms with Gasteiger partial charge in [0.15, 0.2) is 5.16 Å². The Morgan fingerprint density at radius 3 is 2.72 bits per heavy atom. The van der Waals surface area contributed by atoms with Gasteiger partial charge in [-0.05, 0) is 62.6 Å². The van der Waals surface area contributed by atoms with Crippen LogP contribution < -0.4 is 0 Å². The van der Waals surface area contributed by atoms with Gasteiger partial charge in [-0.3, -0.25) is 0 Å². The lowest BCUT2D eigenvalue weighted by Crippen LogP contribution is -2.12. The summed E-state index contributed by atoms with van der Waals surface area (Å²) in [6.07, 6.45) is 9.98. The number of aromatic nitrogens is 3. The maximum absolute atomic E-state index is 12.5. The van der Waals surface area contributed by atoms with E-state index >= 15 is 0 Å². The largest absolute Gasteiger partial charge is 0.453 e. The Labute approximate surface area is 174 Å². The normalized spacial score (nSPS) is 15.0. The molecule has 0 saturated heterocycles. The summed E-state index contributed by atoms with van der Waals surface area (Å²) in [6.45, 7) is 1.85. The minimum absolute atomic E-state index is 0.354. The standard InChI is InChI=1S/C23H23N3O2S/c1-15(28-22(27)17-11-7-4-8-12-17)19-13-18-14-24-23(29-2)26-21(18)20(25-19)16-9-5-3-6-10-16/h4,7-9,11-15H,3,5-6,10H2,1-2H3/t15-/m1/s1. The minimum atomic E-state index is -0.477. The lowest BCUT2D eigenvalue weighted by molar-refractivity contribution is 0.0329. The van der Waals surface area contributed by atoms with Crippen LogP contribution in [0.25, 0.3) is 16.5 Å². The third kappa shape index (κ3) is 4.32. The Morgan fingerprint density at radius 2 is 2.00 bits per heavy atom. The van der Waals surface area contributed by atoms with Crippen molar-refractivity contribution in [3.63, 3.8) is 0 Å². The zero-order chi connectivity index (χ0) is 20.2. The molecule has 0 amide bonds. The van der Waals surface area contributed by atoms with Gasteiger partial charge < -0.3 is 4.74 Å². The Hall–Kier alpha value is -2.73. The molecule has 2 heterocycles. The van der Waals surface area contributed by atoms with E-state index in [0.717, 1.165) is 41.0 Å². The number of thioether (sulfide) groups is 1. The van der Waals surface area contributed by atoms with Crippen molar-refractivity contribution in [3.8, 4) is 0 Å². The highest BCUT2D eigenvalue weighted by molar-refractivity contribution is 7.98. The Bertz CT molecular complexity index is 1070. The van der Waals surface area contributed by atoms with Gasteiger partial charge >= 0.3 is 5.97 Å². The fraction of sp³-hybridized carbons (Fsp3) is 0.304. The molecule has 0 saturated carbocycles. The number of allylic oxidation sites excluding steroid dienone is 2. The van der Waals surface area contributed by atoms with E-state index in [1.165, 1.54) is 23.8 Å². The molecule has 1 atom stereocenters. The highest BCUT2D eigenvalue weighted by Gasteiger charge is 2.20. The molecule has 1 aromatic carbocycles. The van der Waals surface area contributed by atoms with Gasteiger partial charge in [0.05, 0.1) is 17.0 Å². The van der Waals surface area contributed by atoms with Gasteiger partial charge in [-0.1, -0.05) is 36.0 Å². The van der Waals surface area contributed by atoms with Gasteiger partial charge in [-0.2, -0.15) is 0 Å². The van der Waals surface area contributed by atoms with Crippen molar-refractivity contribution in [3.05, 3.63) is 65.6 Å². The van der Waals surface area contributed by atoms with Crippen molar-refractivity contribution in [1.29, 1.82) is 0 Å². The van der Waals surface area contributed by atoms with Gasteiger partial charge in [0.2, 0.25) is 0 Å². The molecule has 4 rings (SSSR count). The van der Waals surface area contributed by atoms with Gasteiger partial charge in [0.25, 0.3) is 0 Å².